The lowest BCUT2D eigenvalue weighted by Crippen LogP contribution is -2.09. The molecule has 0 bridgehead atoms. The number of rotatable bonds is 3. The number of benzene rings is 1. The highest BCUT2D eigenvalue weighted by Crippen LogP contribution is 2.36. The van der Waals surface area contributed by atoms with Gasteiger partial charge in [-0.25, -0.2) is 0 Å². The second-order valence-corrected chi connectivity index (χ2v) is 6.97. The average Bonchev–Trinajstić information content (AvgIpc) is 2.48. The molecule has 0 heterocycles. The van der Waals surface area contributed by atoms with E-state index in [4.69, 9.17) is 11.6 Å². The Hall–Kier alpha value is -0.490. The van der Waals surface area contributed by atoms with Gasteiger partial charge in [0.2, 0.25) is 0 Å². The monoisotopic (exact) mass is 276 g/mol. The quantitative estimate of drug-likeness (QED) is 0.611. The first-order valence-corrected chi connectivity index (χ1v) is 8.52. The van der Waals surface area contributed by atoms with Gasteiger partial charge in [-0.05, 0) is 54.7 Å². The number of hydrogen-bond donors (Lipinski definition) is 0. The van der Waals surface area contributed by atoms with Crippen molar-refractivity contribution in [2.24, 2.45) is 5.92 Å². The van der Waals surface area contributed by atoms with E-state index < -0.39 is 0 Å². The zero-order chi connectivity index (χ0) is 13.1. The molecule has 1 unspecified atom stereocenters. The van der Waals surface area contributed by atoms with Crippen molar-refractivity contribution in [2.75, 3.05) is 0 Å². The molecule has 1 atom stereocenters. The fraction of sp³-hybridized carbons (Fsp3) is 0.667. The van der Waals surface area contributed by atoms with Crippen molar-refractivity contribution in [3.8, 4) is 0 Å². The summed E-state index contributed by atoms with van der Waals surface area (Å²) < 4.78 is 0. The lowest BCUT2D eigenvalue weighted by Gasteiger charge is -2.24. The van der Waals surface area contributed by atoms with Crippen LogP contribution in [0.1, 0.15) is 73.4 Å². The van der Waals surface area contributed by atoms with E-state index >= 15 is 0 Å². The summed E-state index contributed by atoms with van der Waals surface area (Å²) in [6, 6.07) is 7.01. The fourth-order valence-electron chi connectivity index (χ4n) is 3.80. The first-order valence-electron chi connectivity index (χ1n) is 8.09. The van der Waals surface area contributed by atoms with E-state index in [1.807, 2.05) is 0 Å². The smallest absolute Gasteiger partial charge is 0.0588 e. The van der Waals surface area contributed by atoms with Gasteiger partial charge in [-0.3, -0.25) is 0 Å². The van der Waals surface area contributed by atoms with Crippen molar-refractivity contribution >= 4 is 11.6 Å². The van der Waals surface area contributed by atoms with Crippen LogP contribution in [0, 0.1) is 5.92 Å². The number of hydrogen-bond acceptors (Lipinski definition) is 0. The highest BCUT2D eigenvalue weighted by Gasteiger charge is 2.19. The highest BCUT2D eigenvalue weighted by atomic mass is 35.5. The van der Waals surface area contributed by atoms with Crippen LogP contribution in [0.15, 0.2) is 18.2 Å². The molecule has 0 spiro atoms. The number of aryl methyl sites for hydroxylation is 2. The van der Waals surface area contributed by atoms with Crippen molar-refractivity contribution in [1.82, 2.24) is 0 Å². The molecule has 104 valence electrons. The Morgan fingerprint density at radius 1 is 0.947 bits per heavy atom. The lowest BCUT2D eigenvalue weighted by atomic mass is 9.84. The molecule has 1 fully saturated rings. The molecule has 0 saturated heterocycles. The maximum Gasteiger partial charge on any atom is 0.0588 e. The van der Waals surface area contributed by atoms with Crippen molar-refractivity contribution < 1.29 is 0 Å². The van der Waals surface area contributed by atoms with E-state index in [2.05, 4.69) is 18.2 Å². The van der Waals surface area contributed by atoms with Crippen molar-refractivity contribution in [2.45, 2.75) is 69.6 Å². The summed E-state index contributed by atoms with van der Waals surface area (Å²) in [5.41, 5.74) is 4.50. The molecular weight excluding hydrogens is 252 g/mol. The van der Waals surface area contributed by atoms with Crippen LogP contribution < -0.4 is 0 Å². The molecule has 0 N–H and O–H groups in total. The zero-order valence-corrected chi connectivity index (χ0v) is 12.6. The zero-order valence-electron chi connectivity index (χ0n) is 11.8. The molecule has 19 heavy (non-hydrogen) atoms. The van der Waals surface area contributed by atoms with Gasteiger partial charge in [0.05, 0.1) is 5.38 Å². The molecule has 0 aromatic heterocycles. The minimum atomic E-state index is 0.232. The van der Waals surface area contributed by atoms with Gasteiger partial charge < -0.3 is 0 Å². The number of alkyl halides is 1. The molecule has 1 aromatic carbocycles. The van der Waals surface area contributed by atoms with Gasteiger partial charge in [0.1, 0.15) is 0 Å². The topological polar surface area (TPSA) is 0 Å². The van der Waals surface area contributed by atoms with Crippen LogP contribution >= 0.6 is 11.6 Å². The molecule has 0 amide bonds. The Kier molecular flexibility index (Phi) is 4.48. The van der Waals surface area contributed by atoms with E-state index in [1.54, 1.807) is 11.1 Å². The normalized spacial score (nSPS) is 21.9. The van der Waals surface area contributed by atoms with Gasteiger partial charge in [0.15, 0.2) is 0 Å². The molecule has 1 heteroatoms. The number of halogens is 1. The predicted molar refractivity (Wildman–Crippen MR) is 82.9 cm³/mol. The van der Waals surface area contributed by atoms with Gasteiger partial charge in [0, 0.05) is 0 Å². The highest BCUT2D eigenvalue weighted by molar-refractivity contribution is 6.20. The van der Waals surface area contributed by atoms with E-state index in [0.29, 0.717) is 0 Å². The molecule has 2 aliphatic carbocycles. The Labute approximate surface area is 122 Å². The van der Waals surface area contributed by atoms with E-state index in [1.165, 1.54) is 69.8 Å². The van der Waals surface area contributed by atoms with Crippen LogP contribution in [-0.4, -0.2) is 0 Å². The minimum Gasteiger partial charge on any atom is -0.118 e. The molecule has 0 radical (unpaired) electrons. The van der Waals surface area contributed by atoms with Gasteiger partial charge >= 0.3 is 0 Å². The minimum absolute atomic E-state index is 0.232. The largest absolute Gasteiger partial charge is 0.118 e. The molecule has 1 saturated carbocycles. The molecule has 3 rings (SSSR count). The molecule has 2 aliphatic rings. The Bertz CT molecular complexity index is 418. The average molecular weight is 277 g/mol. The first-order chi connectivity index (χ1) is 9.33. The Morgan fingerprint density at radius 2 is 1.68 bits per heavy atom. The fourth-order valence-corrected chi connectivity index (χ4v) is 4.19. The summed E-state index contributed by atoms with van der Waals surface area (Å²) in [6.45, 7) is 0. The molecule has 0 nitrogen and oxygen atoms in total. The second kappa shape index (κ2) is 6.31. The van der Waals surface area contributed by atoms with Crippen LogP contribution in [0.5, 0.6) is 0 Å². The summed E-state index contributed by atoms with van der Waals surface area (Å²) in [5, 5.41) is 0.232. The third kappa shape index (κ3) is 3.34. The maximum atomic E-state index is 6.68. The molecule has 0 aliphatic heterocycles. The molecular formula is C18H25Cl. The Balaban J connectivity index is 1.67. The van der Waals surface area contributed by atoms with Crippen LogP contribution in [0.2, 0.25) is 0 Å². The summed E-state index contributed by atoms with van der Waals surface area (Å²) >= 11 is 6.68. The summed E-state index contributed by atoms with van der Waals surface area (Å²) in [6.07, 6.45) is 13.5. The van der Waals surface area contributed by atoms with Crippen molar-refractivity contribution in [1.29, 1.82) is 0 Å². The maximum absolute atomic E-state index is 6.68. The number of fused-ring (bicyclic) bond motifs is 1. The van der Waals surface area contributed by atoms with Crippen LogP contribution in [0.3, 0.4) is 0 Å². The van der Waals surface area contributed by atoms with Crippen LogP contribution in [-0.2, 0) is 12.8 Å². The standard InChI is InChI=1S/C18H25Cl/c19-18(12-14-6-2-1-3-7-14)17-11-10-15-8-4-5-9-16(15)13-17/h10-11,13-14,18H,1-9,12H2. The van der Waals surface area contributed by atoms with Gasteiger partial charge in [-0.15, -0.1) is 11.6 Å². The van der Waals surface area contributed by atoms with E-state index in [9.17, 15) is 0 Å². The van der Waals surface area contributed by atoms with Gasteiger partial charge in [0.25, 0.3) is 0 Å². The van der Waals surface area contributed by atoms with Gasteiger partial charge in [-0.1, -0.05) is 50.3 Å². The van der Waals surface area contributed by atoms with E-state index in [0.717, 1.165) is 5.92 Å². The third-order valence-electron chi connectivity index (χ3n) is 5.00. The van der Waals surface area contributed by atoms with Crippen LogP contribution in [0.25, 0.3) is 0 Å². The lowest BCUT2D eigenvalue weighted by molar-refractivity contribution is 0.336. The Morgan fingerprint density at radius 3 is 2.47 bits per heavy atom. The predicted octanol–water partition coefficient (Wildman–Crippen LogP) is 5.82. The second-order valence-electron chi connectivity index (χ2n) is 6.44. The third-order valence-corrected chi connectivity index (χ3v) is 5.43. The summed E-state index contributed by atoms with van der Waals surface area (Å²) in [5.74, 6) is 0.868. The SMILES string of the molecule is ClC(CC1CCCCC1)c1ccc2c(c1)CCCC2. The van der Waals surface area contributed by atoms with Gasteiger partial charge in [-0.2, -0.15) is 0 Å². The summed E-state index contributed by atoms with van der Waals surface area (Å²) in [4.78, 5) is 0. The first kappa shape index (κ1) is 13.5. The van der Waals surface area contributed by atoms with E-state index in [-0.39, 0.29) is 5.38 Å². The van der Waals surface area contributed by atoms with Crippen molar-refractivity contribution in [3.63, 3.8) is 0 Å². The summed E-state index contributed by atoms with van der Waals surface area (Å²) in [7, 11) is 0. The van der Waals surface area contributed by atoms with Crippen molar-refractivity contribution in [3.05, 3.63) is 34.9 Å². The molecule has 1 aromatic rings. The van der Waals surface area contributed by atoms with Crippen LogP contribution in [0.4, 0.5) is 0 Å².